The molecule has 0 aliphatic rings. The van der Waals surface area contributed by atoms with Crippen LogP contribution in [0, 0.1) is 6.92 Å². The van der Waals surface area contributed by atoms with Gasteiger partial charge in [0.1, 0.15) is 5.82 Å². The van der Waals surface area contributed by atoms with E-state index < -0.39 is 0 Å². The van der Waals surface area contributed by atoms with Crippen molar-refractivity contribution in [1.29, 1.82) is 0 Å². The Morgan fingerprint density at radius 3 is 2.78 bits per heavy atom. The first-order valence-electron chi connectivity index (χ1n) is 5.42. The Kier molecular flexibility index (Phi) is 2.69. The highest BCUT2D eigenvalue weighted by molar-refractivity contribution is 7.13. The Balaban J connectivity index is 2.28. The van der Waals surface area contributed by atoms with E-state index in [1.165, 1.54) is 0 Å². The average molecular weight is 276 g/mol. The molecular formula is C13H10ClN3S. The second-order valence-corrected chi connectivity index (χ2v) is 5.38. The van der Waals surface area contributed by atoms with E-state index in [0.29, 0.717) is 16.7 Å². The molecule has 0 unspecified atom stereocenters. The van der Waals surface area contributed by atoms with Crippen molar-refractivity contribution in [2.75, 3.05) is 5.73 Å². The Labute approximate surface area is 113 Å². The number of hydrogen-bond acceptors (Lipinski definition) is 4. The molecule has 0 fully saturated rings. The van der Waals surface area contributed by atoms with Crippen molar-refractivity contribution in [3.8, 4) is 10.7 Å². The minimum Gasteiger partial charge on any atom is -0.383 e. The zero-order chi connectivity index (χ0) is 12.7. The predicted molar refractivity (Wildman–Crippen MR) is 77.0 cm³/mol. The third kappa shape index (κ3) is 1.83. The highest BCUT2D eigenvalue weighted by Crippen LogP contribution is 2.30. The minimum absolute atomic E-state index is 0.463. The van der Waals surface area contributed by atoms with Crippen molar-refractivity contribution < 1.29 is 0 Å². The smallest absolute Gasteiger partial charge is 0.172 e. The van der Waals surface area contributed by atoms with E-state index in [9.17, 15) is 0 Å². The molecular weight excluding hydrogens is 266 g/mol. The zero-order valence-electron chi connectivity index (χ0n) is 9.64. The van der Waals surface area contributed by atoms with Crippen molar-refractivity contribution in [3.63, 3.8) is 0 Å². The maximum absolute atomic E-state index is 5.98. The van der Waals surface area contributed by atoms with Gasteiger partial charge in [0.05, 0.1) is 10.4 Å². The summed E-state index contributed by atoms with van der Waals surface area (Å²) in [5.41, 5.74) is 7.95. The molecule has 0 atom stereocenters. The fourth-order valence-corrected chi connectivity index (χ4v) is 2.86. The number of thiophene rings is 1. The lowest BCUT2D eigenvalue weighted by atomic mass is 10.2. The number of halogens is 1. The molecule has 0 bridgehead atoms. The molecule has 0 saturated carbocycles. The summed E-state index contributed by atoms with van der Waals surface area (Å²) in [6.07, 6.45) is 0. The SMILES string of the molecule is Cc1ccsc1-c1nc(N)c2cc(Cl)ccc2n1. The van der Waals surface area contributed by atoms with Crippen LogP contribution in [0.5, 0.6) is 0 Å². The van der Waals surface area contributed by atoms with Gasteiger partial charge in [-0.3, -0.25) is 0 Å². The molecule has 2 heterocycles. The summed E-state index contributed by atoms with van der Waals surface area (Å²) in [5.74, 6) is 1.14. The Morgan fingerprint density at radius 2 is 2.06 bits per heavy atom. The van der Waals surface area contributed by atoms with Crippen LogP contribution in [0.25, 0.3) is 21.6 Å². The van der Waals surface area contributed by atoms with Gasteiger partial charge in [-0.15, -0.1) is 11.3 Å². The van der Waals surface area contributed by atoms with Gasteiger partial charge in [0.15, 0.2) is 5.82 Å². The van der Waals surface area contributed by atoms with Crippen molar-refractivity contribution in [2.24, 2.45) is 0 Å². The number of nitrogen functional groups attached to an aromatic ring is 1. The second kappa shape index (κ2) is 4.23. The summed E-state index contributed by atoms with van der Waals surface area (Å²) in [4.78, 5) is 9.96. The number of benzene rings is 1. The summed E-state index contributed by atoms with van der Waals surface area (Å²) in [6, 6.07) is 7.51. The molecule has 0 aliphatic heterocycles. The summed E-state index contributed by atoms with van der Waals surface area (Å²) < 4.78 is 0. The van der Waals surface area contributed by atoms with Crippen LogP contribution in [0.15, 0.2) is 29.6 Å². The number of hydrogen-bond donors (Lipinski definition) is 1. The lowest BCUT2D eigenvalue weighted by Gasteiger charge is -2.05. The van der Waals surface area contributed by atoms with Crippen LogP contribution < -0.4 is 5.73 Å². The Hall–Kier alpha value is -1.65. The maximum atomic E-state index is 5.98. The van der Waals surface area contributed by atoms with Gasteiger partial charge in [-0.1, -0.05) is 11.6 Å². The Bertz CT molecular complexity index is 736. The van der Waals surface area contributed by atoms with Gasteiger partial charge in [0.25, 0.3) is 0 Å². The fraction of sp³-hybridized carbons (Fsp3) is 0.0769. The quantitative estimate of drug-likeness (QED) is 0.733. The van der Waals surface area contributed by atoms with Crippen LogP contribution in [0.4, 0.5) is 5.82 Å². The monoisotopic (exact) mass is 275 g/mol. The van der Waals surface area contributed by atoms with Crippen LogP contribution in [-0.2, 0) is 0 Å². The summed E-state index contributed by atoms with van der Waals surface area (Å²) in [6.45, 7) is 2.04. The minimum atomic E-state index is 0.463. The molecule has 18 heavy (non-hydrogen) atoms. The third-order valence-corrected chi connectivity index (χ3v) is 4.00. The molecule has 0 amide bonds. The van der Waals surface area contributed by atoms with Crippen molar-refractivity contribution in [3.05, 3.63) is 40.2 Å². The highest BCUT2D eigenvalue weighted by atomic mass is 35.5. The number of aryl methyl sites for hydroxylation is 1. The summed E-state index contributed by atoms with van der Waals surface area (Å²) >= 11 is 7.56. The lowest BCUT2D eigenvalue weighted by Crippen LogP contribution is -1.97. The topological polar surface area (TPSA) is 51.8 Å². The number of fused-ring (bicyclic) bond motifs is 1. The molecule has 0 spiro atoms. The molecule has 3 nitrogen and oxygen atoms in total. The Morgan fingerprint density at radius 1 is 1.22 bits per heavy atom. The fourth-order valence-electron chi connectivity index (χ4n) is 1.83. The number of rotatable bonds is 1. The molecule has 0 saturated heterocycles. The molecule has 0 radical (unpaired) electrons. The van der Waals surface area contributed by atoms with Crippen LogP contribution in [0.3, 0.4) is 0 Å². The molecule has 2 N–H and O–H groups in total. The van der Waals surface area contributed by atoms with Crippen LogP contribution in [0.2, 0.25) is 5.02 Å². The van der Waals surface area contributed by atoms with Gasteiger partial charge in [-0.25, -0.2) is 9.97 Å². The molecule has 0 aliphatic carbocycles. The molecule has 3 aromatic rings. The summed E-state index contributed by atoms with van der Waals surface area (Å²) in [5, 5.41) is 3.45. The molecule has 5 heteroatoms. The predicted octanol–water partition coefficient (Wildman–Crippen LogP) is 3.90. The van der Waals surface area contributed by atoms with Gasteiger partial charge in [0, 0.05) is 10.4 Å². The highest BCUT2D eigenvalue weighted by Gasteiger charge is 2.10. The van der Waals surface area contributed by atoms with E-state index >= 15 is 0 Å². The lowest BCUT2D eigenvalue weighted by molar-refractivity contribution is 1.24. The van der Waals surface area contributed by atoms with Crippen molar-refractivity contribution >= 4 is 39.7 Å². The summed E-state index contributed by atoms with van der Waals surface area (Å²) in [7, 11) is 0. The van der Waals surface area contributed by atoms with Gasteiger partial charge in [-0.2, -0.15) is 0 Å². The third-order valence-electron chi connectivity index (χ3n) is 2.75. The van der Waals surface area contributed by atoms with E-state index in [4.69, 9.17) is 17.3 Å². The van der Waals surface area contributed by atoms with Crippen LogP contribution in [0.1, 0.15) is 5.56 Å². The molecule has 1 aromatic carbocycles. The molecule has 2 aromatic heterocycles. The zero-order valence-corrected chi connectivity index (χ0v) is 11.2. The van der Waals surface area contributed by atoms with E-state index in [1.54, 1.807) is 23.5 Å². The van der Waals surface area contributed by atoms with Crippen molar-refractivity contribution in [2.45, 2.75) is 6.92 Å². The standard InChI is InChI=1S/C13H10ClN3S/c1-7-4-5-18-11(7)13-16-10-3-2-8(14)6-9(10)12(15)17-13/h2-6H,1H3,(H2,15,16,17). The van der Waals surface area contributed by atoms with Crippen LogP contribution in [-0.4, -0.2) is 9.97 Å². The second-order valence-electron chi connectivity index (χ2n) is 4.03. The normalized spacial score (nSPS) is 11.0. The number of nitrogens with zero attached hydrogens (tertiary/aromatic N) is 2. The first-order chi connectivity index (χ1) is 8.65. The first kappa shape index (κ1) is 11.4. The van der Waals surface area contributed by atoms with E-state index in [1.807, 2.05) is 24.4 Å². The molecule has 90 valence electrons. The van der Waals surface area contributed by atoms with Gasteiger partial charge in [-0.05, 0) is 42.1 Å². The number of aromatic nitrogens is 2. The maximum Gasteiger partial charge on any atom is 0.172 e. The molecule has 3 rings (SSSR count). The van der Waals surface area contributed by atoms with E-state index in [0.717, 1.165) is 21.3 Å². The van der Waals surface area contributed by atoms with E-state index in [-0.39, 0.29) is 0 Å². The number of anilines is 1. The first-order valence-corrected chi connectivity index (χ1v) is 6.68. The van der Waals surface area contributed by atoms with Crippen LogP contribution >= 0.6 is 22.9 Å². The largest absolute Gasteiger partial charge is 0.383 e. The number of nitrogens with two attached hydrogens (primary N) is 1. The van der Waals surface area contributed by atoms with Gasteiger partial charge < -0.3 is 5.73 Å². The van der Waals surface area contributed by atoms with Crippen molar-refractivity contribution in [1.82, 2.24) is 9.97 Å². The average Bonchev–Trinajstić information content (AvgIpc) is 2.76. The van der Waals surface area contributed by atoms with E-state index in [2.05, 4.69) is 9.97 Å². The van der Waals surface area contributed by atoms with Gasteiger partial charge >= 0.3 is 0 Å². The van der Waals surface area contributed by atoms with Gasteiger partial charge in [0.2, 0.25) is 0 Å².